The molecule has 222 valence electrons. The van der Waals surface area contributed by atoms with Crippen molar-refractivity contribution >= 4 is 28.9 Å². The lowest BCUT2D eigenvalue weighted by molar-refractivity contribution is -0.160. The molecular weight excluding hydrogens is 540 g/mol. The van der Waals surface area contributed by atoms with Crippen LogP contribution >= 0.6 is 0 Å². The van der Waals surface area contributed by atoms with Gasteiger partial charge in [0.2, 0.25) is 5.78 Å². The summed E-state index contributed by atoms with van der Waals surface area (Å²) in [6.07, 6.45) is -0.705. The van der Waals surface area contributed by atoms with Crippen LogP contribution < -0.4 is 11.1 Å². The maximum absolute atomic E-state index is 13.9. The number of aromatic hydroxyl groups is 1. The molecule has 0 spiro atoms. The predicted octanol–water partition coefficient (Wildman–Crippen LogP) is 3.13. The first-order valence-electron chi connectivity index (χ1n) is 14.0. The number of carbonyl (C=O) groups excluding carboxylic acids is 3. The van der Waals surface area contributed by atoms with E-state index in [0.717, 1.165) is 12.1 Å². The second-order valence-corrected chi connectivity index (χ2v) is 12.2. The third kappa shape index (κ3) is 4.28. The number of hydrogen-bond acceptors (Lipinski definition) is 9. The lowest BCUT2D eigenvalue weighted by Gasteiger charge is -2.50. The van der Waals surface area contributed by atoms with E-state index in [1.165, 1.54) is 0 Å². The van der Waals surface area contributed by atoms with Gasteiger partial charge in [0, 0.05) is 41.6 Å². The molecule has 2 aromatic carbocycles. The third-order valence-electron chi connectivity index (χ3n) is 9.31. The first-order valence-corrected chi connectivity index (χ1v) is 14.0. The molecule has 42 heavy (non-hydrogen) atoms. The molecule has 0 aromatic heterocycles. The molecule has 10 nitrogen and oxygen atoms in total. The number of Topliss-reactive ketones (excluding diaryl/α,β-unsaturated/α-hetero) is 2. The van der Waals surface area contributed by atoms with E-state index in [-0.39, 0.29) is 16.9 Å². The van der Waals surface area contributed by atoms with E-state index in [1.807, 2.05) is 44.2 Å². The number of fused-ring (bicyclic) bond motifs is 3. The molecule has 0 radical (unpaired) electrons. The van der Waals surface area contributed by atoms with E-state index in [0.29, 0.717) is 24.1 Å². The summed E-state index contributed by atoms with van der Waals surface area (Å²) >= 11 is 0. The van der Waals surface area contributed by atoms with Crippen molar-refractivity contribution in [3.63, 3.8) is 0 Å². The zero-order valence-corrected chi connectivity index (χ0v) is 23.7. The van der Waals surface area contributed by atoms with Gasteiger partial charge in [0.1, 0.15) is 22.8 Å². The van der Waals surface area contributed by atoms with Crippen LogP contribution in [0.5, 0.6) is 5.75 Å². The summed E-state index contributed by atoms with van der Waals surface area (Å²) in [5.74, 6) is -8.60. The maximum atomic E-state index is 13.9. The van der Waals surface area contributed by atoms with Crippen LogP contribution in [-0.4, -0.2) is 61.3 Å². The van der Waals surface area contributed by atoms with Crippen molar-refractivity contribution in [2.75, 3.05) is 11.9 Å². The van der Waals surface area contributed by atoms with E-state index >= 15 is 0 Å². The summed E-state index contributed by atoms with van der Waals surface area (Å²) in [6.45, 7) is 6.34. The Labute approximate surface area is 243 Å². The minimum Gasteiger partial charge on any atom is -0.508 e. The molecule has 0 saturated heterocycles. The minimum atomic E-state index is -2.85. The zero-order valence-electron chi connectivity index (χ0n) is 23.7. The van der Waals surface area contributed by atoms with Crippen LogP contribution in [0, 0.1) is 11.8 Å². The summed E-state index contributed by atoms with van der Waals surface area (Å²) in [5.41, 5.74) is 2.59. The quantitative estimate of drug-likeness (QED) is 0.192. The number of nitrogens with two attached hydrogens (primary N) is 1. The molecule has 0 aliphatic heterocycles. The second kappa shape index (κ2) is 10.3. The first kappa shape index (κ1) is 29.3. The normalized spacial score (nSPS) is 27.4. The Morgan fingerprint density at radius 3 is 2.40 bits per heavy atom. The van der Waals surface area contributed by atoms with Crippen LogP contribution in [0.2, 0.25) is 0 Å². The fourth-order valence-corrected chi connectivity index (χ4v) is 7.00. The van der Waals surface area contributed by atoms with Crippen LogP contribution in [0.15, 0.2) is 59.4 Å². The van der Waals surface area contributed by atoms with Crippen molar-refractivity contribution in [1.29, 1.82) is 0 Å². The van der Waals surface area contributed by atoms with Crippen molar-refractivity contribution in [2.45, 2.75) is 63.1 Å². The molecule has 1 fully saturated rings. The largest absolute Gasteiger partial charge is 0.508 e. The van der Waals surface area contributed by atoms with Gasteiger partial charge >= 0.3 is 0 Å². The Morgan fingerprint density at radius 1 is 1.10 bits per heavy atom. The van der Waals surface area contributed by atoms with Gasteiger partial charge in [-0.1, -0.05) is 51.1 Å². The van der Waals surface area contributed by atoms with Crippen molar-refractivity contribution in [3.05, 3.63) is 76.1 Å². The van der Waals surface area contributed by atoms with Gasteiger partial charge in [-0.15, -0.1) is 0 Å². The van der Waals surface area contributed by atoms with Gasteiger partial charge in [0.25, 0.3) is 5.91 Å². The number of aliphatic hydroxyl groups excluding tert-OH is 3. The van der Waals surface area contributed by atoms with Crippen molar-refractivity contribution < 1.29 is 39.9 Å². The molecule has 3 aliphatic rings. The SMILES string of the molecule is C[C@H]1c2ccc(C(C)(C)CCCNc3ccccc3)c(O)c2C(O)=C2C(=O)[C@]3(O)C(O)=C(C(N)=O)C(=O)C[C@@H]3[C@@H](O)[C@@H]21. The van der Waals surface area contributed by atoms with E-state index in [4.69, 9.17) is 5.73 Å². The molecule has 1 amide bonds. The van der Waals surface area contributed by atoms with Crippen LogP contribution in [0.1, 0.15) is 62.6 Å². The van der Waals surface area contributed by atoms with Crippen molar-refractivity contribution in [2.24, 2.45) is 17.6 Å². The summed E-state index contributed by atoms with van der Waals surface area (Å²) in [7, 11) is 0. The number of aliphatic hydroxyl groups is 4. The number of para-hydroxylation sites is 1. The summed E-state index contributed by atoms with van der Waals surface area (Å²) in [6, 6.07) is 13.3. The van der Waals surface area contributed by atoms with E-state index in [1.54, 1.807) is 19.1 Å². The molecule has 0 unspecified atom stereocenters. The van der Waals surface area contributed by atoms with E-state index < -0.39 is 75.9 Å². The minimum absolute atomic E-state index is 0.00909. The van der Waals surface area contributed by atoms with Gasteiger partial charge in [-0.05, 0) is 41.9 Å². The van der Waals surface area contributed by atoms with Crippen molar-refractivity contribution in [3.8, 4) is 5.75 Å². The highest BCUT2D eigenvalue weighted by atomic mass is 16.4. The van der Waals surface area contributed by atoms with Crippen LogP contribution in [0.3, 0.4) is 0 Å². The monoisotopic (exact) mass is 576 g/mol. The van der Waals surface area contributed by atoms with E-state index in [9.17, 15) is 39.9 Å². The number of nitrogens with one attached hydrogen (secondary N) is 1. The summed E-state index contributed by atoms with van der Waals surface area (Å²) < 4.78 is 0. The second-order valence-electron chi connectivity index (χ2n) is 12.2. The summed E-state index contributed by atoms with van der Waals surface area (Å²) in [4.78, 5) is 38.3. The molecule has 0 heterocycles. The Balaban J connectivity index is 1.53. The number of hydrogen-bond donors (Lipinski definition) is 7. The fraction of sp³-hybridized carbons (Fsp3) is 0.406. The molecule has 2 aromatic rings. The fourth-order valence-electron chi connectivity index (χ4n) is 7.00. The van der Waals surface area contributed by atoms with Crippen LogP contribution in [-0.2, 0) is 19.8 Å². The number of rotatable bonds is 7. The number of primary amides is 1. The Bertz CT molecular complexity index is 1540. The zero-order chi connectivity index (χ0) is 30.7. The first-order chi connectivity index (χ1) is 19.7. The number of phenolic OH excluding ortho intramolecular Hbond substituents is 1. The molecule has 5 rings (SSSR count). The third-order valence-corrected chi connectivity index (χ3v) is 9.31. The van der Waals surface area contributed by atoms with Gasteiger partial charge in [-0.2, -0.15) is 0 Å². The van der Waals surface area contributed by atoms with Gasteiger partial charge in [-0.25, -0.2) is 0 Å². The molecule has 5 atom stereocenters. The molecular formula is C32H36N2O8. The number of amides is 1. The Morgan fingerprint density at radius 2 is 1.76 bits per heavy atom. The van der Waals surface area contributed by atoms with Gasteiger partial charge in [0.05, 0.1) is 11.7 Å². The average molecular weight is 577 g/mol. The summed E-state index contributed by atoms with van der Waals surface area (Å²) in [5, 5.41) is 60.0. The topological polar surface area (TPSA) is 190 Å². The molecule has 1 saturated carbocycles. The predicted molar refractivity (Wildman–Crippen MR) is 155 cm³/mol. The van der Waals surface area contributed by atoms with Crippen LogP contribution in [0.4, 0.5) is 5.69 Å². The number of anilines is 1. The number of phenols is 1. The maximum Gasteiger partial charge on any atom is 0.255 e. The van der Waals surface area contributed by atoms with Gasteiger partial charge < -0.3 is 36.6 Å². The highest BCUT2D eigenvalue weighted by Gasteiger charge is 2.65. The highest BCUT2D eigenvalue weighted by molar-refractivity contribution is 6.23. The Kier molecular flexibility index (Phi) is 7.19. The smallest absolute Gasteiger partial charge is 0.255 e. The lowest BCUT2D eigenvalue weighted by Crippen LogP contribution is -2.63. The van der Waals surface area contributed by atoms with Crippen molar-refractivity contribution in [1.82, 2.24) is 0 Å². The van der Waals surface area contributed by atoms with E-state index in [2.05, 4.69) is 5.32 Å². The van der Waals surface area contributed by atoms with Crippen LogP contribution in [0.25, 0.3) is 5.76 Å². The standard InChI is InChI=1S/C32H36N2O8/c1-15-17-10-11-18(31(2,3)12-7-13-34-16-8-5-4-6-9-16)25(36)22(17)27(38)24-21(15)26(37)19-14-20(35)23(30(33)41)28(39)32(19,42)29(24)40/h4-6,8-11,15,19,21,26,34,36-39,42H,7,12-14H2,1-3H3,(H2,33,41)/t15-,19+,21+,26+,32+/m0/s1. The highest BCUT2D eigenvalue weighted by Crippen LogP contribution is 2.56. The van der Waals surface area contributed by atoms with Gasteiger partial charge in [-0.3, -0.25) is 14.4 Å². The number of ketones is 2. The van der Waals surface area contributed by atoms with Gasteiger partial charge in [0.15, 0.2) is 11.4 Å². The molecule has 10 heteroatoms. The Hall–Kier alpha value is -4.15. The number of carbonyl (C=O) groups is 3. The molecule has 8 N–H and O–H groups in total. The molecule has 0 bridgehead atoms. The molecule has 3 aliphatic carbocycles. The number of benzene rings is 2. The lowest BCUT2D eigenvalue weighted by atomic mass is 9.55. The average Bonchev–Trinajstić information content (AvgIpc) is 2.93.